The number of hydrogen-bond donors (Lipinski definition) is 1. The first kappa shape index (κ1) is 16.3. The van der Waals surface area contributed by atoms with E-state index in [0.717, 1.165) is 11.0 Å². The van der Waals surface area contributed by atoms with Crippen LogP contribution in [0, 0.1) is 0 Å². The Morgan fingerprint density at radius 3 is 2.19 bits per heavy atom. The minimum absolute atomic E-state index is 0.118. The van der Waals surface area contributed by atoms with Gasteiger partial charge in [0, 0.05) is 12.4 Å². The highest BCUT2D eigenvalue weighted by Gasteiger charge is 2.20. The van der Waals surface area contributed by atoms with Crippen LogP contribution in [0.5, 0.6) is 0 Å². The van der Waals surface area contributed by atoms with Gasteiger partial charge < -0.3 is 4.98 Å². The van der Waals surface area contributed by atoms with Crippen molar-refractivity contribution in [3.63, 3.8) is 0 Å². The lowest BCUT2D eigenvalue weighted by atomic mass is 10.3. The van der Waals surface area contributed by atoms with E-state index >= 15 is 0 Å². The molecule has 1 aromatic carbocycles. The average Bonchev–Trinajstić information content (AvgIpc) is 3.11. The van der Waals surface area contributed by atoms with Crippen LogP contribution in [0.15, 0.2) is 78.2 Å². The summed E-state index contributed by atoms with van der Waals surface area (Å²) in [4.78, 5) is 30.8. The zero-order valence-electron chi connectivity index (χ0n) is 13.7. The first-order valence-corrected chi connectivity index (χ1v) is 9.02. The number of anilines is 2. The lowest BCUT2D eigenvalue weighted by molar-refractivity contribution is -0.115. The third-order valence-corrected chi connectivity index (χ3v) is 4.56. The second kappa shape index (κ2) is 7.37. The number of carbonyl (C=O) groups is 1. The second-order valence-electron chi connectivity index (χ2n) is 5.45. The normalized spacial score (nSPS) is 10.8. The molecule has 1 amide bonds. The number of nitrogens with zero attached hydrogens (tertiary/aromatic N) is 4. The number of para-hydroxylation sites is 2. The van der Waals surface area contributed by atoms with Crippen LogP contribution in [0.4, 0.5) is 11.6 Å². The number of carbonyl (C=O) groups excluding carboxylic acids is 1. The summed E-state index contributed by atoms with van der Waals surface area (Å²) >= 11 is 1.36. The van der Waals surface area contributed by atoms with E-state index in [1.807, 2.05) is 48.5 Å². The molecule has 0 saturated carbocycles. The predicted octanol–water partition coefficient (Wildman–Crippen LogP) is 3.81. The predicted molar refractivity (Wildman–Crippen MR) is 102 cm³/mol. The number of amides is 1. The first-order valence-electron chi connectivity index (χ1n) is 8.04. The molecule has 7 heteroatoms. The summed E-state index contributed by atoms with van der Waals surface area (Å²) in [6.45, 7) is 0. The van der Waals surface area contributed by atoms with Crippen molar-refractivity contribution in [1.82, 2.24) is 19.9 Å². The quantitative estimate of drug-likeness (QED) is 0.547. The van der Waals surface area contributed by atoms with Gasteiger partial charge in [0.25, 0.3) is 0 Å². The number of aromatic nitrogens is 4. The molecule has 3 aromatic heterocycles. The number of thioether (sulfide) groups is 1. The molecule has 4 rings (SSSR count). The molecule has 0 spiro atoms. The van der Waals surface area contributed by atoms with Crippen LogP contribution in [-0.4, -0.2) is 31.6 Å². The summed E-state index contributed by atoms with van der Waals surface area (Å²) < 4.78 is 0. The van der Waals surface area contributed by atoms with Crippen LogP contribution in [0.1, 0.15) is 0 Å². The molecule has 0 saturated heterocycles. The Bertz CT molecular complexity index is 947. The molecular weight excluding hydrogens is 346 g/mol. The van der Waals surface area contributed by atoms with Gasteiger partial charge in [-0.05, 0) is 36.4 Å². The van der Waals surface area contributed by atoms with Gasteiger partial charge in [0.2, 0.25) is 5.91 Å². The maximum Gasteiger partial charge on any atom is 0.244 e. The molecule has 1 N–H and O–H groups in total. The maximum atomic E-state index is 12.9. The molecule has 26 heavy (non-hydrogen) atoms. The Balaban J connectivity index is 1.56. The molecule has 0 fully saturated rings. The third-order valence-electron chi connectivity index (χ3n) is 3.71. The summed E-state index contributed by atoms with van der Waals surface area (Å²) in [5.41, 5.74) is 1.84. The lowest BCUT2D eigenvalue weighted by Gasteiger charge is -2.20. The van der Waals surface area contributed by atoms with Crippen molar-refractivity contribution in [2.45, 2.75) is 5.16 Å². The third kappa shape index (κ3) is 3.43. The van der Waals surface area contributed by atoms with Gasteiger partial charge in [0.1, 0.15) is 11.6 Å². The van der Waals surface area contributed by atoms with Crippen molar-refractivity contribution in [3.8, 4) is 0 Å². The van der Waals surface area contributed by atoms with Crippen molar-refractivity contribution < 1.29 is 4.79 Å². The lowest BCUT2D eigenvalue weighted by Crippen LogP contribution is -2.29. The monoisotopic (exact) mass is 361 g/mol. The molecule has 0 atom stereocenters. The molecule has 3 heterocycles. The van der Waals surface area contributed by atoms with Crippen molar-refractivity contribution in [3.05, 3.63) is 73.1 Å². The van der Waals surface area contributed by atoms with Crippen molar-refractivity contribution >= 4 is 40.3 Å². The number of pyridine rings is 2. The summed E-state index contributed by atoms with van der Waals surface area (Å²) in [6.07, 6.45) is 3.32. The van der Waals surface area contributed by atoms with Gasteiger partial charge in [-0.15, -0.1) is 0 Å². The standard InChI is InChI=1S/C19H15N5OS/c25-18(13-26-19-22-14-7-1-2-8-15(14)23-19)24(16-9-3-5-11-20-16)17-10-4-6-12-21-17/h1-12H,13H2,(H,22,23). The highest BCUT2D eigenvalue weighted by Crippen LogP contribution is 2.24. The first-order chi connectivity index (χ1) is 12.8. The minimum Gasteiger partial charge on any atom is -0.333 e. The second-order valence-corrected chi connectivity index (χ2v) is 6.42. The zero-order chi connectivity index (χ0) is 17.8. The number of imidazole rings is 1. The number of fused-ring (bicyclic) bond motifs is 1. The van der Waals surface area contributed by atoms with E-state index in [2.05, 4.69) is 19.9 Å². The number of H-pyrrole nitrogens is 1. The van der Waals surface area contributed by atoms with Gasteiger partial charge in [0.15, 0.2) is 5.16 Å². The van der Waals surface area contributed by atoms with Crippen LogP contribution in [0.2, 0.25) is 0 Å². The Hall–Kier alpha value is -3.19. The maximum absolute atomic E-state index is 12.9. The van der Waals surface area contributed by atoms with Crippen LogP contribution in [0.3, 0.4) is 0 Å². The number of rotatable bonds is 5. The molecule has 0 radical (unpaired) electrons. The average molecular weight is 361 g/mol. The molecule has 0 aliphatic heterocycles. The molecule has 128 valence electrons. The summed E-state index contributed by atoms with van der Waals surface area (Å²) in [7, 11) is 0. The van der Waals surface area contributed by atoms with Crippen molar-refractivity contribution in [2.24, 2.45) is 0 Å². The number of aromatic amines is 1. The fourth-order valence-corrected chi connectivity index (χ4v) is 3.27. The number of benzene rings is 1. The summed E-state index contributed by atoms with van der Waals surface area (Å²) in [5, 5.41) is 0.710. The fourth-order valence-electron chi connectivity index (χ4n) is 2.54. The van der Waals surface area contributed by atoms with E-state index in [1.165, 1.54) is 16.7 Å². The Morgan fingerprint density at radius 2 is 1.58 bits per heavy atom. The highest BCUT2D eigenvalue weighted by atomic mass is 32.2. The number of hydrogen-bond acceptors (Lipinski definition) is 5. The molecule has 0 bridgehead atoms. The van der Waals surface area contributed by atoms with Gasteiger partial charge >= 0.3 is 0 Å². The molecule has 0 unspecified atom stereocenters. The minimum atomic E-state index is -0.118. The van der Waals surface area contributed by atoms with E-state index in [1.54, 1.807) is 24.5 Å². The van der Waals surface area contributed by atoms with Gasteiger partial charge in [-0.1, -0.05) is 36.0 Å². The topological polar surface area (TPSA) is 74.8 Å². The Labute approximate surface area is 154 Å². The summed E-state index contributed by atoms with van der Waals surface area (Å²) in [6, 6.07) is 18.7. The van der Waals surface area contributed by atoms with Crippen LogP contribution in [-0.2, 0) is 4.79 Å². The van der Waals surface area contributed by atoms with Crippen molar-refractivity contribution in [2.75, 3.05) is 10.7 Å². The zero-order valence-corrected chi connectivity index (χ0v) is 14.6. The largest absolute Gasteiger partial charge is 0.333 e. The molecule has 4 aromatic rings. The van der Waals surface area contributed by atoms with E-state index in [-0.39, 0.29) is 11.7 Å². The Kier molecular flexibility index (Phi) is 4.61. The Morgan fingerprint density at radius 1 is 0.923 bits per heavy atom. The van der Waals surface area contributed by atoms with E-state index < -0.39 is 0 Å². The van der Waals surface area contributed by atoms with Gasteiger partial charge in [-0.25, -0.2) is 19.9 Å². The van der Waals surface area contributed by atoms with Gasteiger partial charge in [0.05, 0.1) is 16.8 Å². The number of nitrogens with one attached hydrogen (secondary N) is 1. The highest BCUT2D eigenvalue weighted by molar-refractivity contribution is 7.99. The van der Waals surface area contributed by atoms with Crippen LogP contribution in [0.25, 0.3) is 11.0 Å². The van der Waals surface area contributed by atoms with Crippen LogP contribution >= 0.6 is 11.8 Å². The van der Waals surface area contributed by atoms with E-state index in [0.29, 0.717) is 16.8 Å². The SMILES string of the molecule is O=C(CSc1nc2ccccc2[nH]1)N(c1ccccn1)c1ccccn1. The fraction of sp³-hybridized carbons (Fsp3) is 0.0526. The van der Waals surface area contributed by atoms with Gasteiger partial charge in [-0.2, -0.15) is 0 Å². The van der Waals surface area contributed by atoms with Gasteiger partial charge in [-0.3, -0.25) is 4.79 Å². The summed E-state index contributed by atoms with van der Waals surface area (Å²) in [5.74, 6) is 1.18. The molecule has 0 aliphatic rings. The molecule has 6 nitrogen and oxygen atoms in total. The van der Waals surface area contributed by atoms with Crippen LogP contribution < -0.4 is 4.90 Å². The van der Waals surface area contributed by atoms with E-state index in [4.69, 9.17) is 0 Å². The van der Waals surface area contributed by atoms with E-state index in [9.17, 15) is 4.79 Å². The van der Waals surface area contributed by atoms with Crippen molar-refractivity contribution in [1.29, 1.82) is 0 Å². The molecule has 0 aliphatic carbocycles. The molecular formula is C19H15N5OS. The smallest absolute Gasteiger partial charge is 0.244 e.